The second kappa shape index (κ2) is 7.88. The Labute approximate surface area is 172 Å². The minimum absolute atomic E-state index is 0.0451. The Bertz CT molecular complexity index is 1040. The van der Waals surface area contributed by atoms with Gasteiger partial charge in [0.05, 0.1) is 16.1 Å². The van der Waals surface area contributed by atoms with Crippen LogP contribution in [0.2, 0.25) is 4.34 Å². The molecule has 0 radical (unpaired) electrons. The van der Waals surface area contributed by atoms with E-state index in [1.165, 1.54) is 4.31 Å². The Kier molecular flexibility index (Phi) is 5.48. The Morgan fingerprint density at radius 1 is 1.07 bits per heavy atom. The van der Waals surface area contributed by atoms with Crippen molar-refractivity contribution in [3.8, 4) is 5.69 Å². The molecule has 4 rings (SSSR count). The molecule has 0 bridgehead atoms. The van der Waals surface area contributed by atoms with E-state index in [2.05, 4.69) is 20.4 Å². The molecule has 1 aliphatic rings. The lowest BCUT2D eigenvalue weighted by Crippen LogP contribution is -2.49. The molecule has 1 saturated heterocycles. The highest BCUT2D eigenvalue weighted by atomic mass is 35.5. The number of benzene rings is 1. The zero-order valence-corrected chi connectivity index (χ0v) is 17.5. The molecule has 1 atom stereocenters. The lowest BCUT2D eigenvalue weighted by atomic mass is 10.2. The average Bonchev–Trinajstić information content (AvgIpc) is 3.38. The number of tetrazole rings is 1. The largest absolute Gasteiger partial charge is 0.291 e. The van der Waals surface area contributed by atoms with Gasteiger partial charge < -0.3 is 0 Å². The molecule has 11 heteroatoms. The third kappa shape index (κ3) is 3.70. The number of thiophene rings is 1. The maximum Gasteiger partial charge on any atom is 0.252 e. The van der Waals surface area contributed by atoms with E-state index in [1.807, 2.05) is 37.3 Å². The summed E-state index contributed by atoms with van der Waals surface area (Å²) in [7, 11) is -3.50. The van der Waals surface area contributed by atoms with Crippen LogP contribution in [0.5, 0.6) is 0 Å². The minimum atomic E-state index is -3.50. The Morgan fingerprint density at radius 3 is 2.43 bits per heavy atom. The van der Waals surface area contributed by atoms with Gasteiger partial charge in [-0.3, -0.25) is 4.90 Å². The monoisotopic (exact) mass is 438 g/mol. The summed E-state index contributed by atoms with van der Waals surface area (Å²) < 4.78 is 29.5. The Hall–Kier alpha value is -1.85. The van der Waals surface area contributed by atoms with Gasteiger partial charge in [-0.05, 0) is 41.6 Å². The summed E-state index contributed by atoms with van der Waals surface area (Å²) in [5, 5.41) is 12.1. The highest BCUT2D eigenvalue weighted by Crippen LogP contribution is 2.29. The molecule has 1 aromatic carbocycles. The standard InChI is InChI=1S/C17H19ClN6O2S2/c1-13(17-19-20-21-24(17)14-5-3-2-4-6-14)22-9-11-23(12-10-22)28(25,26)16-8-7-15(18)27-16/h2-8,13H,9-12H2,1H3. The number of sulfonamides is 1. The van der Waals surface area contributed by atoms with E-state index in [0.717, 1.165) is 22.8 Å². The van der Waals surface area contributed by atoms with E-state index in [0.29, 0.717) is 30.5 Å². The molecular weight excluding hydrogens is 420 g/mol. The molecule has 0 amide bonds. The molecule has 1 fully saturated rings. The van der Waals surface area contributed by atoms with Crippen molar-refractivity contribution in [2.24, 2.45) is 0 Å². The molecule has 0 saturated carbocycles. The number of halogens is 1. The number of para-hydroxylation sites is 1. The lowest BCUT2D eigenvalue weighted by molar-refractivity contribution is 0.140. The fraction of sp³-hybridized carbons (Fsp3) is 0.353. The first kappa shape index (κ1) is 19.5. The smallest absolute Gasteiger partial charge is 0.252 e. The van der Waals surface area contributed by atoms with Crippen LogP contribution in [0.4, 0.5) is 0 Å². The zero-order chi connectivity index (χ0) is 19.7. The van der Waals surface area contributed by atoms with Crippen molar-refractivity contribution in [3.63, 3.8) is 0 Å². The lowest BCUT2D eigenvalue weighted by Gasteiger charge is -2.36. The van der Waals surface area contributed by atoms with Gasteiger partial charge in [-0.25, -0.2) is 8.42 Å². The zero-order valence-electron chi connectivity index (χ0n) is 15.1. The maximum absolute atomic E-state index is 12.8. The number of nitrogens with zero attached hydrogens (tertiary/aromatic N) is 6. The Morgan fingerprint density at radius 2 is 1.79 bits per heavy atom. The van der Waals surface area contributed by atoms with Gasteiger partial charge in [0.25, 0.3) is 10.0 Å². The van der Waals surface area contributed by atoms with E-state index < -0.39 is 10.0 Å². The van der Waals surface area contributed by atoms with Gasteiger partial charge in [-0.2, -0.15) is 8.99 Å². The highest BCUT2D eigenvalue weighted by Gasteiger charge is 2.32. The normalized spacial score (nSPS) is 17.6. The molecule has 148 valence electrons. The number of piperazine rings is 1. The van der Waals surface area contributed by atoms with Gasteiger partial charge in [0.2, 0.25) is 0 Å². The van der Waals surface area contributed by atoms with Crippen LogP contribution in [0.25, 0.3) is 5.69 Å². The third-order valence-electron chi connectivity index (χ3n) is 4.83. The SMILES string of the molecule is CC(c1nnnn1-c1ccccc1)N1CCN(S(=O)(=O)c2ccc(Cl)s2)CC1. The van der Waals surface area contributed by atoms with E-state index in [4.69, 9.17) is 11.6 Å². The van der Waals surface area contributed by atoms with E-state index in [1.54, 1.807) is 16.8 Å². The molecule has 28 heavy (non-hydrogen) atoms. The number of hydrogen-bond donors (Lipinski definition) is 0. The summed E-state index contributed by atoms with van der Waals surface area (Å²) in [6, 6.07) is 12.8. The topological polar surface area (TPSA) is 84.2 Å². The predicted octanol–water partition coefficient (Wildman–Crippen LogP) is 2.44. The van der Waals surface area contributed by atoms with Gasteiger partial charge in [0.15, 0.2) is 5.82 Å². The quantitative estimate of drug-likeness (QED) is 0.608. The second-order valence-electron chi connectivity index (χ2n) is 6.46. The molecule has 0 N–H and O–H groups in total. The molecule has 1 unspecified atom stereocenters. The van der Waals surface area contributed by atoms with Crippen molar-refractivity contribution in [1.29, 1.82) is 0 Å². The van der Waals surface area contributed by atoms with Crippen molar-refractivity contribution in [3.05, 3.63) is 52.6 Å². The minimum Gasteiger partial charge on any atom is -0.291 e. The van der Waals surface area contributed by atoms with Crippen LogP contribution < -0.4 is 0 Å². The summed E-state index contributed by atoms with van der Waals surface area (Å²) >= 11 is 6.98. The number of aromatic nitrogens is 4. The van der Waals surface area contributed by atoms with E-state index in [9.17, 15) is 8.42 Å². The first-order valence-corrected chi connectivity index (χ1v) is 11.4. The first-order chi connectivity index (χ1) is 13.5. The first-order valence-electron chi connectivity index (χ1n) is 8.80. The fourth-order valence-corrected chi connectivity index (χ4v) is 6.32. The average molecular weight is 439 g/mol. The van der Waals surface area contributed by atoms with Crippen molar-refractivity contribution >= 4 is 33.0 Å². The summed E-state index contributed by atoms with van der Waals surface area (Å²) in [5.74, 6) is 0.729. The van der Waals surface area contributed by atoms with Crippen LogP contribution in [0.1, 0.15) is 18.8 Å². The van der Waals surface area contributed by atoms with Crippen molar-refractivity contribution in [2.75, 3.05) is 26.2 Å². The molecule has 0 aliphatic carbocycles. The molecule has 3 aromatic rings. The highest BCUT2D eigenvalue weighted by molar-refractivity contribution is 7.91. The van der Waals surface area contributed by atoms with Crippen LogP contribution in [0, 0.1) is 0 Å². The molecule has 3 heterocycles. The summed E-state index contributed by atoms with van der Waals surface area (Å²) in [5.41, 5.74) is 0.894. The summed E-state index contributed by atoms with van der Waals surface area (Å²) in [6.45, 7) is 4.06. The molecule has 8 nitrogen and oxygen atoms in total. The number of hydrogen-bond acceptors (Lipinski definition) is 7. The fourth-order valence-electron chi connectivity index (χ4n) is 3.27. The van der Waals surface area contributed by atoms with Gasteiger partial charge in [0.1, 0.15) is 4.21 Å². The van der Waals surface area contributed by atoms with Crippen LogP contribution in [-0.2, 0) is 10.0 Å². The molecular formula is C17H19ClN6O2S2. The van der Waals surface area contributed by atoms with Gasteiger partial charge in [-0.15, -0.1) is 16.4 Å². The van der Waals surface area contributed by atoms with Gasteiger partial charge in [0, 0.05) is 26.2 Å². The van der Waals surface area contributed by atoms with Gasteiger partial charge in [-0.1, -0.05) is 29.8 Å². The molecule has 2 aromatic heterocycles. The third-order valence-corrected chi connectivity index (χ3v) is 8.43. The van der Waals surface area contributed by atoms with Crippen LogP contribution in [0.15, 0.2) is 46.7 Å². The predicted molar refractivity (Wildman–Crippen MR) is 107 cm³/mol. The van der Waals surface area contributed by atoms with Crippen LogP contribution in [0.3, 0.4) is 0 Å². The van der Waals surface area contributed by atoms with Crippen molar-refractivity contribution in [2.45, 2.75) is 17.2 Å². The van der Waals surface area contributed by atoms with E-state index >= 15 is 0 Å². The van der Waals surface area contributed by atoms with E-state index in [-0.39, 0.29) is 10.3 Å². The summed E-state index contributed by atoms with van der Waals surface area (Å²) in [6.07, 6.45) is 0. The van der Waals surface area contributed by atoms with Crippen LogP contribution in [-0.4, -0.2) is 64.0 Å². The number of rotatable bonds is 5. The maximum atomic E-state index is 12.8. The summed E-state index contributed by atoms with van der Waals surface area (Å²) in [4.78, 5) is 2.19. The molecule has 0 spiro atoms. The van der Waals surface area contributed by atoms with Crippen molar-refractivity contribution in [1.82, 2.24) is 29.4 Å². The second-order valence-corrected chi connectivity index (χ2v) is 10.3. The van der Waals surface area contributed by atoms with Crippen molar-refractivity contribution < 1.29 is 8.42 Å². The van der Waals surface area contributed by atoms with Crippen LogP contribution >= 0.6 is 22.9 Å². The Balaban J connectivity index is 1.47. The molecule has 1 aliphatic heterocycles. The van der Waals surface area contributed by atoms with Gasteiger partial charge >= 0.3 is 0 Å².